The zero-order valence-corrected chi connectivity index (χ0v) is 18.7. The number of aliphatic hydroxyl groups excluding tert-OH is 1. The molecule has 5 atom stereocenters. The van der Waals surface area contributed by atoms with Gasteiger partial charge in [-0.2, -0.15) is 0 Å². The highest BCUT2D eigenvalue weighted by Gasteiger charge is 2.32. The van der Waals surface area contributed by atoms with Crippen molar-refractivity contribution < 1.29 is 44.1 Å². The van der Waals surface area contributed by atoms with Crippen LogP contribution in [0.25, 0.3) is 0 Å². The van der Waals surface area contributed by atoms with E-state index in [9.17, 15) is 39.0 Å². The third kappa shape index (κ3) is 11.8. The van der Waals surface area contributed by atoms with Crippen LogP contribution in [-0.4, -0.2) is 81.2 Å². The lowest BCUT2D eigenvalue weighted by molar-refractivity contribution is -0.143. The minimum atomic E-state index is -1.67. The Balaban J connectivity index is 5.61. The van der Waals surface area contributed by atoms with E-state index in [0.717, 1.165) is 0 Å². The van der Waals surface area contributed by atoms with E-state index in [1.807, 2.05) is 0 Å². The fourth-order valence-corrected chi connectivity index (χ4v) is 2.66. The molecule has 5 unspecified atom stereocenters. The molecule has 0 bridgehead atoms. The topological polar surface area (TPSA) is 251 Å². The van der Waals surface area contributed by atoms with Crippen LogP contribution in [0.3, 0.4) is 0 Å². The summed E-state index contributed by atoms with van der Waals surface area (Å²) in [4.78, 5) is 71.1. The fourth-order valence-electron chi connectivity index (χ4n) is 2.66. The number of primary amides is 1. The molecule has 14 nitrogen and oxygen atoms in total. The van der Waals surface area contributed by atoms with Gasteiger partial charge >= 0.3 is 11.9 Å². The molecule has 0 aliphatic rings. The maximum atomic E-state index is 12.7. The minimum Gasteiger partial charge on any atom is -0.481 e. The van der Waals surface area contributed by atoms with Gasteiger partial charge in [-0.3, -0.25) is 24.0 Å². The Hall–Kier alpha value is -3.26. The van der Waals surface area contributed by atoms with Crippen molar-refractivity contribution in [2.75, 3.05) is 0 Å². The van der Waals surface area contributed by atoms with Gasteiger partial charge in [0, 0.05) is 6.42 Å². The summed E-state index contributed by atoms with van der Waals surface area (Å²) in [5, 5.41) is 34.4. The van der Waals surface area contributed by atoms with Crippen molar-refractivity contribution in [1.29, 1.82) is 0 Å². The largest absolute Gasteiger partial charge is 0.481 e. The molecule has 0 aromatic heterocycles. The van der Waals surface area contributed by atoms with Gasteiger partial charge in [-0.05, 0) is 25.7 Å². The first-order chi connectivity index (χ1) is 15.1. The Morgan fingerprint density at radius 2 is 1.30 bits per heavy atom. The summed E-state index contributed by atoms with van der Waals surface area (Å²) >= 11 is 0. The van der Waals surface area contributed by atoms with Crippen LogP contribution in [0.15, 0.2) is 0 Å². The van der Waals surface area contributed by atoms with Gasteiger partial charge in [0.2, 0.25) is 23.6 Å². The number of aliphatic hydroxyl groups is 1. The predicted octanol–water partition coefficient (Wildman–Crippen LogP) is -2.98. The second-order valence-electron chi connectivity index (χ2n) is 8.02. The van der Waals surface area contributed by atoms with Crippen molar-refractivity contribution in [3.8, 4) is 0 Å². The number of nitrogens with two attached hydrogens (primary N) is 2. The molecular weight excluding hydrogens is 442 g/mol. The number of hydrogen-bond acceptors (Lipinski definition) is 8. The summed E-state index contributed by atoms with van der Waals surface area (Å²) < 4.78 is 0. The molecule has 0 spiro atoms. The summed E-state index contributed by atoms with van der Waals surface area (Å²) in [5.74, 6) is -6.67. The van der Waals surface area contributed by atoms with Crippen LogP contribution < -0.4 is 27.4 Å². The monoisotopic (exact) mass is 475 g/mol. The number of carboxylic acids is 2. The summed E-state index contributed by atoms with van der Waals surface area (Å²) in [6.07, 6.45) is -2.72. The average molecular weight is 475 g/mol. The van der Waals surface area contributed by atoms with Crippen LogP contribution in [0, 0.1) is 5.92 Å². The van der Waals surface area contributed by atoms with E-state index in [2.05, 4.69) is 16.0 Å². The van der Waals surface area contributed by atoms with Gasteiger partial charge in [0.05, 0.1) is 12.5 Å². The van der Waals surface area contributed by atoms with Crippen LogP contribution in [0.4, 0.5) is 0 Å². The highest BCUT2D eigenvalue weighted by Crippen LogP contribution is 2.07. The average Bonchev–Trinajstić information content (AvgIpc) is 2.67. The lowest BCUT2D eigenvalue weighted by Crippen LogP contribution is -2.58. The molecule has 10 N–H and O–H groups in total. The Bertz CT molecular complexity index is 741. The lowest BCUT2D eigenvalue weighted by atomic mass is 10.0. The molecule has 4 amide bonds. The quantitative estimate of drug-likeness (QED) is 0.119. The van der Waals surface area contributed by atoms with Crippen molar-refractivity contribution >= 4 is 35.6 Å². The zero-order valence-electron chi connectivity index (χ0n) is 18.7. The first kappa shape index (κ1) is 29.7. The van der Waals surface area contributed by atoms with Gasteiger partial charge in [0.15, 0.2) is 0 Å². The summed E-state index contributed by atoms with van der Waals surface area (Å²) in [7, 11) is 0. The molecule has 14 heteroatoms. The number of carbonyl (C=O) groups excluding carboxylic acids is 4. The molecular formula is C19H33N5O9. The third-order valence-corrected chi connectivity index (χ3v) is 4.47. The minimum absolute atomic E-state index is 0.0849. The van der Waals surface area contributed by atoms with E-state index in [1.54, 1.807) is 13.8 Å². The number of hydrogen-bond donors (Lipinski definition) is 8. The van der Waals surface area contributed by atoms with Crippen molar-refractivity contribution in [3.63, 3.8) is 0 Å². The first-order valence-corrected chi connectivity index (χ1v) is 10.2. The molecule has 0 radical (unpaired) electrons. The van der Waals surface area contributed by atoms with Crippen LogP contribution in [-0.2, 0) is 28.8 Å². The van der Waals surface area contributed by atoms with Crippen molar-refractivity contribution in [2.45, 2.75) is 76.7 Å². The molecule has 0 aliphatic heterocycles. The molecule has 0 aromatic carbocycles. The molecule has 0 heterocycles. The van der Waals surface area contributed by atoms with Crippen molar-refractivity contribution in [3.05, 3.63) is 0 Å². The summed E-state index contributed by atoms with van der Waals surface area (Å²) in [5.41, 5.74) is 10.6. The maximum absolute atomic E-state index is 12.7. The first-order valence-electron chi connectivity index (χ1n) is 10.2. The molecule has 188 valence electrons. The Kier molecular flexibility index (Phi) is 12.6. The second-order valence-corrected chi connectivity index (χ2v) is 8.02. The van der Waals surface area contributed by atoms with E-state index in [4.69, 9.17) is 16.6 Å². The second kappa shape index (κ2) is 14.0. The van der Waals surface area contributed by atoms with Gasteiger partial charge in [-0.25, -0.2) is 4.79 Å². The van der Waals surface area contributed by atoms with Crippen LogP contribution in [0.5, 0.6) is 0 Å². The summed E-state index contributed by atoms with van der Waals surface area (Å²) in [6, 6.07) is -5.84. The van der Waals surface area contributed by atoms with Crippen LogP contribution in [0.1, 0.15) is 46.5 Å². The van der Waals surface area contributed by atoms with E-state index in [0.29, 0.717) is 0 Å². The number of nitrogens with one attached hydrogen (secondary N) is 3. The van der Waals surface area contributed by atoms with E-state index >= 15 is 0 Å². The fraction of sp³-hybridized carbons (Fsp3) is 0.684. The highest BCUT2D eigenvalue weighted by atomic mass is 16.4. The number of aliphatic carboxylic acids is 2. The Morgan fingerprint density at radius 1 is 0.818 bits per heavy atom. The van der Waals surface area contributed by atoms with Gasteiger partial charge in [-0.15, -0.1) is 0 Å². The van der Waals surface area contributed by atoms with Crippen molar-refractivity contribution in [2.24, 2.45) is 17.4 Å². The number of rotatable bonds is 15. The van der Waals surface area contributed by atoms with E-state index < -0.39 is 72.3 Å². The Labute approximate surface area is 190 Å². The summed E-state index contributed by atoms with van der Waals surface area (Å²) in [6.45, 7) is 4.70. The normalized spacial score (nSPS) is 15.5. The van der Waals surface area contributed by atoms with E-state index in [-0.39, 0.29) is 25.2 Å². The van der Waals surface area contributed by atoms with Gasteiger partial charge in [0.25, 0.3) is 0 Å². The zero-order chi connectivity index (χ0) is 25.9. The van der Waals surface area contributed by atoms with E-state index in [1.165, 1.54) is 6.92 Å². The van der Waals surface area contributed by atoms with Gasteiger partial charge in [-0.1, -0.05) is 13.8 Å². The molecule has 0 aliphatic carbocycles. The standard InChI is InChI=1S/C19H33N5O9/c1-8(2)6-12(19(32)33)24-16(29)10(4-5-13(20)26)22-17(30)11(7-14(27)28)23-18(31)15(21)9(3)25/h8-12,15,25H,4-7,21H2,1-3H3,(H2,20,26)(H,22,30)(H,23,31)(H,24,29)(H,27,28)(H,32,33). The number of carboxylic acid groups (broad SMARTS) is 2. The molecule has 0 rings (SSSR count). The maximum Gasteiger partial charge on any atom is 0.326 e. The molecule has 33 heavy (non-hydrogen) atoms. The van der Waals surface area contributed by atoms with Gasteiger partial charge in [0.1, 0.15) is 24.2 Å². The number of carbonyl (C=O) groups is 6. The molecule has 0 aromatic rings. The third-order valence-electron chi connectivity index (χ3n) is 4.47. The lowest BCUT2D eigenvalue weighted by Gasteiger charge is -2.25. The van der Waals surface area contributed by atoms with Crippen molar-refractivity contribution in [1.82, 2.24) is 16.0 Å². The predicted molar refractivity (Wildman–Crippen MR) is 113 cm³/mol. The number of amides is 4. The van der Waals surface area contributed by atoms with Gasteiger partial charge < -0.3 is 42.7 Å². The molecule has 0 fully saturated rings. The molecule has 0 saturated carbocycles. The SMILES string of the molecule is CC(C)CC(NC(=O)C(CCC(N)=O)NC(=O)C(CC(=O)O)NC(=O)C(N)C(C)O)C(=O)O. The van der Waals surface area contributed by atoms with Crippen LogP contribution >= 0.6 is 0 Å². The Morgan fingerprint density at radius 3 is 1.73 bits per heavy atom. The van der Waals surface area contributed by atoms with Crippen LogP contribution in [0.2, 0.25) is 0 Å². The molecule has 0 saturated heterocycles. The highest BCUT2D eigenvalue weighted by molar-refractivity contribution is 5.95. The smallest absolute Gasteiger partial charge is 0.326 e.